The Morgan fingerprint density at radius 1 is 0.682 bits per heavy atom. The molecule has 0 atom stereocenters. The van der Waals surface area contributed by atoms with Gasteiger partial charge in [0.25, 0.3) is 0 Å². The SMILES string of the molecule is COc1ccc(C=Cc2cc(C)c(C)c(OC)c2)cc1OC. The van der Waals surface area contributed by atoms with E-state index >= 15 is 0 Å². The van der Waals surface area contributed by atoms with E-state index in [1.807, 2.05) is 30.3 Å². The molecule has 0 N–H and O–H groups in total. The second-order valence-electron chi connectivity index (χ2n) is 5.11. The van der Waals surface area contributed by atoms with E-state index in [2.05, 4.69) is 26.0 Å². The Morgan fingerprint density at radius 3 is 1.91 bits per heavy atom. The second-order valence-corrected chi connectivity index (χ2v) is 5.11. The lowest BCUT2D eigenvalue weighted by Crippen LogP contribution is -1.91. The van der Waals surface area contributed by atoms with E-state index in [0.29, 0.717) is 0 Å². The van der Waals surface area contributed by atoms with E-state index in [0.717, 1.165) is 28.4 Å². The Kier molecular flexibility index (Phi) is 5.10. The average Bonchev–Trinajstić information content (AvgIpc) is 2.55. The molecule has 2 aromatic carbocycles. The fourth-order valence-electron chi connectivity index (χ4n) is 2.31. The molecule has 0 aliphatic rings. The molecule has 0 bridgehead atoms. The molecular formula is C19H22O3. The van der Waals surface area contributed by atoms with Gasteiger partial charge in [0.15, 0.2) is 11.5 Å². The maximum Gasteiger partial charge on any atom is 0.161 e. The molecule has 0 saturated carbocycles. The average molecular weight is 298 g/mol. The number of aryl methyl sites for hydroxylation is 1. The van der Waals surface area contributed by atoms with Crippen LogP contribution in [0.15, 0.2) is 30.3 Å². The van der Waals surface area contributed by atoms with E-state index in [4.69, 9.17) is 14.2 Å². The first-order valence-corrected chi connectivity index (χ1v) is 7.14. The van der Waals surface area contributed by atoms with Crippen LogP contribution in [0.3, 0.4) is 0 Å². The number of rotatable bonds is 5. The highest BCUT2D eigenvalue weighted by Crippen LogP contribution is 2.29. The Hall–Kier alpha value is -2.42. The Morgan fingerprint density at radius 2 is 1.27 bits per heavy atom. The maximum absolute atomic E-state index is 5.41. The summed E-state index contributed by atoms with van der Waals surface area (Å²) in [5.41, 5.74) is 4.54. The van der Waals surface area contributed by atoms with Crippen LogP contribution in [-0.4, -0.2) is 21.3 Å². The summed E-state index contributed by atoms with van der Waals surface area (Å²) in [5.74, 6) is 2.36. The zero-order valence-electron chi connectivity index (χ0n) is 13.8. The van der Waals surface area contributed by atoms with E-state index in [9.17, 15) is 0 Å². The minimum absolute atomic E-state index is 0.724. The molecule has 0 unspecified atom stereocenters. The van der Waals surface area contributed by atoms with Crippen LogP contribution in [0.1, 0.15) is 22.3 Å². The van der Waals surface area contributed by atoms with Crippen molar-refractivity contribution in [1.82, 2.24) is 0 Å². The zero-order valence-corrected chi connectivity index (χ0v) is 13.8. The number of benzene rings is 2. The molecule has 0 aromatic heterocycles. The molecule has 0 fully saturated rings. The summed E-state index contributed by atoms with van der Waals surface area (Å²) in [4.78, 5) is 0. The van der Waals surface area contributed by atoms with Gasteiger partial charge in [0.05, 0.1) is 21.3 Å². The van der Waals surface area contributed by atoms with Crippen LogP contribution in [-0.2, 0) is 0 Å². The molecule has 0 saturated heterocycles. The van der Waals surface area contributed by atoms with Crippen LogP contribution in [0.4, 0.5) is 0 Å². The molecule has 3 heteroatoms. The molecule has 0 radical (unpaired) electrons. The number of methoxy groups -OCH3 is 3. The van der Waals surface area contributed by atoms with Gasteiger partial charge in [-0.1, -0.05) is 24.3 Å². The van der Waals surface area contributed by atoms with Crippen LogP contribution >= 0.6 is 0 Å². The molecule has 0 amide bonds. The van der Waals surface area contributed by atoms with Gasteiger partial charge in [-0.15, -0.1) is 0 Å². The van der Waals surface area contributed by atoms with E-state index in [-0.39, 0.29) is 0 Å². The van der Waals surface area contributed by atoms with Crippen molar-refractivity contribution in [2.24, 2.45) is 0 Å². The number of hydrogen-bond donors (Lipinski definition) is 0. The van der Waals surface area contributed by atoms with Gasteiger partial charge in [-0.2, -0.15) is 0 Å². The molecule has 0 aliphatic heterocycles. The summed E-state index contributed by atoms with van der Waals surface area (Å²) in [6.45, 7) is 4.15. The summed E-state index contributed by atoms with van der Waals surface area (Å²) in [6.07, 6.45) is 4.11. The molecule has 2 aromatic rings. The highest BCUT2D eigenvalue weighted by atomic mass is 16.5. The largest absolute Gasteiger partial charge is 0.496 e. The maximum atomic E-state index is 5.41. The minimum atomic E-state index is 0.724. The van der Waals surface area contributed by atoms with E-state index in [1.54, 1.807) is 21.3 Å². The van der Waals surface area contributed by atoms with Gasteiger partial charge in [-0.05, 0) is 54.3 Å². The van der Waals surface area contributed by atoms with Crippen molar-refractivity contribution in [3.63, 3.8) is 0 Å². The van der Waals surface area contributed by atoms with Crippen molar-refractivity contribution in [3.8, 4) is 17.2 Å². The fraction of sp³-hybridized carbons (Fsp3) is 0.263. The van der Waals surface area contributed by atoms with Crippen LogP contribution < -0.4 is 14.2 Å². The van der Waals surface area contributed by atoms with E-state index < -0.39 is 0 Å². The van der Waals surface area contributed by atoms with Crippen molar-refractivity contribution >= 4 is 12.2 Å². The highest BCUT2D eigenvalue weighted by Gasteiger charge is 2.04. The van der Waals surface area contributed by atoms with Gasteiger partial charge in [-0.3, -0.25) is 0 Å². The first kappa shape index (κ1) is 16.0. The van der Waals surface area contributed by atoms with E-state index in [1.165, 1.54) is 11.1 Å². The van der Waals surface area contributed by atoms with Gasteiger partial charge in [0.2, 0.25) is 0 Å². The van der Waals surface area contributed by atoms with Crippen LogP contribution in [0.5, 0.6) is 17.2 Å². The highest BCUT2D eigenvalue weighted by molar-refractivity contribution is 5.72. The predicted octanol–water partition coefficient (Wildman–Crippen LogP) is 4.50. The summed E-state index contributed by atoms with van der Waals surface area (Å²) < 4.78 is 16.0. The first-order chi connectivity index (χ1) is 10.6. The second kappa shape index (κ2) is 7.03. The van der Waals surface area contributed by atoms with Gasteiger partial charge < -0.3 is 14.2 Å². The predicted molar refractivity (Wildman–Crippen MR) is 90.9 cm³/mol. The van der Waals surface area contributed by atoms with Crippen LogP contribution in [0.2, 0.25) is 0 Å². The van der Waals surface area contributed by atoms with Crippen molar-refractivity contribution < 1.29 is 14.2 Å². The quantitative estimate of drug-likeness (QED) is 0.761. The first-order valence-electron chi connectivity index (χ1n) is 7.14. The molecule has 116 valence electrons. The Balaban J connectivity index is 2.30. The molecular weight excluding hydrogens is 276 g/mol. The molecule has 0 heterocycles. The van der Waals surface area contributed by atoms with Gasteiger partial charge in [0.1, 0.15) is 5.75 Å². The zero-order chi connectivity index (χ0) is 16.1. The fourth-order valence-corrected chi connectivity index (χ4v) is 2.31. The van der Waals surface area contributed by atoms with Gasteiger partial charge in [-0.25, -0.2) is 0 Å². The third kappa shape index (κ3) is 3.42. The summed E-state index contributed by atoms with van der Waals surface area (Å²) >= 11 is 0. The normalized spacial score (nSPS) is 10.8. The van der Waals surface area contributed by atoms with Crippen LogP contribution in [0.25, 0.3) is 12.2 Å². The molecule has 0 aliphatic carbocycles. The molecule has 0 spiro atoms. The van der Waals surface area contributed by atoms with Gasteiger partial charge >= 0.3 is 0 Å². The molecule has 3 nitrogen and oxygen atoms in total. The van der Waals surface area contributed by atoms with Crippen molar-refractivity contribution in [3.05, 3.63) is 52.6 Å². The summed E-state index contributed by atoms with van der Waals surface area (Å²) in [5, 5.41) is 0. The third-order valence-corrected chi connectivity index (χ3v) is 3.74. The lowest BCUT2D eigenvalue weighted by Gasteiger charge is -2.09. The third-order valence-electron chi connectivity index (χ3n) is 3.74. The lowest BCUT2D eigenvalue weighted by atomic mass is 10.0. The lowest BCUT2D eigenvalue weighted by molar-refractivity contribution is 0.355. The monoisotopic (exact) mass is 298 g/mol. The van der Waals surface area contributed by atoms with Crippen molar-refractivity contribution in [2.75, 3.05) is 21.3 Å². The molecule has 22 heavy (non-hydrogen) atoms. The minimum Gasteiger partial charge on any atom is -0.496 e. The standard InChI is InChI=1S/C19H22O3/c1-13-10-16(12-18(21-4)14(13)2)7-6-15-8-9-17(20-3)19(11-15)22-5/h6-12H,1-5H3. The van der Waals surface area contributed by atoms with Gasteiger partial charge in [0, 0.05) is 0 Å². The number of hydrogen-bond acceptors (Lipinski definition) is 3. The summed E-state index contributed by atoms with van der Waals surface area (Å²) in [7, 11) is 4.97. The van der Waals surface area contributed by atoms with Crippen molar-refractivity contribution in [1.29, 1.82) is 0 Å². The summed E-state index contributed by atoms with van der Waals surface area (Å²) in [6, 6.07) is 10.0. The Bertz CT molecular complexity index is 687. The van der Waals surface area contributed by atoms with Crippen LogP contribution in [0, 0.1) is 13.8 Å². The number of ether oxygens (including phenoxy) is 3. The Labute approximate surface area is 132 Å². The smallest absolute Gasteiger partial charge is 0.161 e. The van der Waals surface area contributed by atoms with Crippen molar-refractivity contribution in [2.45, 2.75) is 13.8 Å². The molecule has 2 rings (SSSR count). The topological polar surface area (TPSA) is 27.7 Å².